The minimum Gasteiger partial charge on any atom is -0.294 e. The maximum absolute atomic E-state index is 12.8. The number of thioether (sulfide) groups is 1. The lowest BCUT2D eigenvalue weighted by atomic mass is 10.1. The third-order valence-electron chi connectivity index (χ3n) is 2.68. The zero-order chi connectivity index (χ0) is 14.4. The highest BCUT2D eigenvalue weighted by molar-refractivity contribution is 9.10. The number of aromatic nitrogens is 1. The Balaban J connectivity index is 1.77. The molecule has 0 bridgehead atoms. The average molecular weight is 354 g/mol. The largest absolute Gasteiger partial charge is 0.294 e. The molecule has 2 aromatic rings. The lowest BCUT2D eigenvalue weighted by Crippen LogP contribution is -1.99. The van der Waals surface area contributed by atoms with Crippen LogP contribution in [0.25, 0.3) is 0 Å². The van der Waals surface area contributed by atoms with Gasteiger partial charge in [0.1, 0.15) is 10.8 Å². The number of carbonyl (C=O) groups is 1. The van der Waals surface area contributed by atoms with Gasteiger partial charge in [-0.15, -0.1) is 11.8 Å². The Labute approximate surface area is 129 Å². The van der Waals surface area contributed by atoms with Crippen LogP contribution in [-0.2, 0) is 0 Å². The molecular formula is C15H13BrFNOS. The highest BCUT2D eigenvalue weighted by Gasteiger charge is 2.06. The second kappa shape index (κ2) is 7.55. The first-order valence-corrected chi connectivity index (χ1v) is 7.97. The van der Waals surface area contributed by atoms with Gasteiger partial charge in [-0.3, -0.25) is 4.79 Å². The molecule has 0 spiro atoms. The zero-order valence-corrected chi connectivity index (χ0v) is 13.1. The van der Waals surface area contributed by atoms with Crippen molar-refractivity contribution >= 4 is 33.5 Å². The van der Waals surface area contributed by atoms with Crippen LogP contribution < -0.4 is 0 Å². The van der Waals surface area contributed by atoms with Crippen molar-refractivity contribution in [1.29, 1.82) is 0 Å². The van der Waals surface area contributed by atoms with Gasteiger partial charge in [-0.1, -0.05) is 0 Å². The van der Waals surface area contributed by atoms with Crippen LogP contribution in [-0.4, -0.2) is 16.5 Å². The lowest BCUT2D eigenvalue weighted by molar-refractivity contribution is 0.0982. The predicted molar refractivity (Wildman–Crippen MR) is 82.6 cm³/mol. The summed E-state index contributed by atoms with van der Waals surface area (Å²) in [5.41, 5.74) is 0.565. The van der Waals surface area contributed by atoms with Gasteiger partial charge in [0.15, 0.2) is 5.78 Å². The van der Waals surface area contributed by atoms with E-state index in [0.717, 1.165) is 21.7 Å². The van der Waals surface area contributed by atoms with Gasteiger partial charge < -0.3 is 0 Å². The van der Waals surface area contributed by atoms with Crippen molar-refractivity contribution in [3.8, 4) is 0 Å². The maximum Gasteiger partial charge on any atom is 0.162 e. The summed E-state index contributed by atoms with van der Waals surface area (Å²) in [5.74, 6) is 0.547. The van der Waals surface area contributed by atoms with Gasteiger partial charge in [-0.05, 0) is 64.5 Å². The molecule has 2 rings (SSSR count). The van der Waals surface area contributed by atoms with Gasteiger partial charge >= 0.3 is 0 Å². The molecule has 1 aromatic carbocycles. The van der Waals surface area contributed by atoms with E-state index in [1.165, 1.54) is 24.3 Å². The normalized spacial score (nSPS) is 10.5. The molecule has 0 fully saturated rings. The first-order valence-electron chi connectivity index (χ1n) is 6.19. The molecule has 0 atom stereocenters. The Hall–Kier alpha value is -1.20. The topological polar surface area (TPSA) is 30.0 Å². The Kier molecular flexibility index (Phi) is 5.73. The summed E-state index contributed by atoms with van der Waals surface area (Å²) < 4.78 is 13.7. The Morgan fingerprint density at radius 3 is 2.70 bits per heavy atom. The van der Waals surface area contributed by atoms with Gasteiger partial charge in [-0.25, -0.2) is 9.37 Å². The van der Waals surface area contributed by atoms with Crippen molar-refractivity contribution in [3.63, 3.8) is 0 Å². The third kappa shape index (κ3) is 4.42. The van der Waals surface area contributed by atoms with Gasteiger partial charge in [0, 0.05) is 22.7 Å². The van der Waals surface area contributed by atoms with E-state index in [1.807, 2.05) is 12.1 Å². The summed E-state index contributed by atoms with van der Waals surface area (Å²) in [6.45, 7) is 0. The molecule has 0 radical (unpaired) electrons. The average Bonchev–Trinajstić information content (AvgIpc) is 2.46. The molecule has 0 saturated carbocycles. The summed E-state index contributed by atoms with van der Waals surface area (Å²) >= 11 is 5.05. The Bertz CT molecular complexity index is 589. The molecule has 1 heterocycles. The summed E-state index contributed by atoms with van der Waals surface area (Å²) in [4.78, 5) is 16.1. The summed E-state index contributed by atoms with van der Waals surface area (Å²) in [7, 11) is 0. The van der Waals surface area contributed by atoms with Crippen molar-refractivity contribution in [2.24, 2.45) is 0 Å². The molecule has 0 unspecified atom stereocenters. The fraction of sp³-hybridized carbons (Fsp3) is 0.200. The van der Waals surface area contributed by atoms with Gasteiger partial charge in [0.25, 0.3) is 0 Å². The molecule has 1 aromatic heterocycles. The van der Waals surface area contributed by atoms with Gasteiger partial charge in [0.05, 0.1) is 0 Å². The highest BCUT2D eigenvalue weighted by atomic mass is 79.9. The fourth-order valence-corrected chi connectivity index (χ4v) is 3.08. The monoisotopic (exact) mass is 353 g/mol. The van der Waals surface area contributed by atoms with Gasteiger partial charge in [-0.2, -0.15) is 0 Å². The first-order chi connectivity index (χ1) is 9.66. The summed E-state index contributed by atoms with van der Waals surface area (Å²) in [6.07, 6.45) is 2.98. The number of halogens is 2. The molecule has 0 aliphatic carbocycles. The van der Waals surface area contributed by atoms with E-state index < -0.39 is 0 Å². The molecule has 0 N–H and O–H groups in total. The molecule has 2 nitrogen and oxygen atoms in total. The fourth-order valence-electron chi connectivity index (χ4n) is 1.66. The van der Waals surface area contributed by atoms with Crippen LogP contribution in [0.4, 0.5) is 4.39 Å². The summed E-state index contributed by atoms with van der Waals surface area (Å²) in [5, 5.41) is 0.932. The van der Waals surface area contributed by atoms with Crippen molar-refractivity contribution in [1.82, 2.24) is 4.98 Å². The predicted octanol–water partition coefficient (Wildman–Crippen LogP) is 4.74. The number of benzene rings is 1. The smallest absolute Gasteiger partial charge is 0.162 e. The van der Waals surface area contributed by atoms with Crippen LogP contribution in [0.3, 0.4) is 0 Å². The molecule has 104 valence electrons. The van der Waals surface area contributed by atoms with E-state index in [-0.39, 0.29) is 11.6 Å². The molecule has 0 saturated heterocycles. The minimum atomic E-state index is -0.322. The van der Waals surface area contributed by atoms with Crippen molar-refractivity contribution in [3.05, 3.63) is 58.4 Å². The Morgan fingerprint density at radius 2 is 2.00 bits per heavy atom. The minimum absolute atomic E-state index is 0.0469. The van der Waals surface area contributed by atoms with Crippen LogP contribution in [0.5, 0.6) is 0 Å². The van der Waals surface area contributed by atoms with Crippen molar-refractivity contribution in [2.45, 2.75) is 17.9 Å². The zero-order valence-electron chi connectivity index (χ0n) is 10.7. The molecule has 5 heteroatoms. The number of pyridine rings is 1. The molecule has 20 heavy (non-hydrogen) atoms. The highest BCUT2D eigenvalue weighted by Crippen LogP contribution is 2.25. The number of hydrogen-bond acceptors (Lipinski definition) is 3. The number of nitrogens with zero attached hydrogens (tertiary/aromatic N) is 1. The van der Waals surface area contributed by atoms with E-state index in [4.69, 9.17) is 0 Å². The number of carbonyl (C=O) groups excluding carboxylic acids is 1. The van der Waals surface area contributed by atoms with E-state index in [2.05, 4.69) is 20.9 Å². The quantitative estimate of drug-likeness (QED) is 0.426. The van der Waals surface area contributed by atoms with Crippen LogP contribution in [0.1, 0.15) is 23.2 Å². The van der Waals surface area contributed by atoms with E-state index >= 15 is 0 Å². The van der Waals surface area contributed by atoms with Gasteiger partial charge in [0.2, 0.25) is 0 Å². The molecule has 0 aliphatic rings. The maximum atomic E-state index is 12.8. The Morgan fingerprint density at radius 1 is 1.25 bits per heavy atom. The second-order valence-electron chi connectivity index (χ2n) is 4.17. The number of rotatable bonds is 6. The lowest BCUT2D eigenvalue weighted by Gasteiger charge is -2.03. The number of Topliss-reactive ketones (excluding diaryl/α,β-unsaturated/α-hetero) is 1. The molecule has 0 aliphatic heterocycles. The molecular weight excluding hydrogens is 341 g/mol. The van der Waals surface area contributed by atoms with Crippen LogP contribution >= 0.6 is 27.7 Å². The van der Waals surface area contributed by atoms with E-state index in [9.17, 15) is 9.18 Å². The van der Waals surface area contributed by atoms with Crippen LogP contribution in [0, 0.1) is 5.82 Å². The number of hydrogen-bond donors (Lipinski definition) is 0. The third-order valence-corrected chi connectivity index (χ3v) is 4.67. The molecule has 0 amide bonds. The van der Waals surface area contributed by atoms with Crippen molar-refractivity contribution < 1.29 is 9.18 Å². The van der Waals surface area contributed by atoms with E-state index in [0.29, 0.717) is 12.0 Å². The van der Waals surface area contributed by atoms with E-state index in [1.54, 1.807) is 18.0 Å². The van der Waals surface area contributed by atoms with Crippen LogP contribution in [0.15, 0.2) is 52.1 Å². The summed E-state index contributed by atoms with van der Waals surface area (Å²) in [6, 6.07) is 9.49. The SMILES string of the molecule is O=C(CCCSc1ncccc1Br)c1ccc(F)cc1. The van der Waals surface area contributed by atoms with Crippen molar-refractivity contribution in [2.75, 3.05) is 5.75 Å². The standard InChI is InChI=1S/C15H13BrFNOS/c16-13-3-1-9-18-15(13)20-10-2-4-14(19)11-5-7-12(17)8-6-11/h1,3,5-9H,2,4,10H2. The second-order valence-corrected chi connectivity index (χ2v) is 6.11. The number of ketones is 1. The first kappa shape index (κ1) is 15.2. The van der Waals surface area contributed by atoms with Crippen LogP contribution in [0.2, 0.25) is 0 Å².